The van der Waals surface area contributed by atoms with Crippen LogP contribution in [0, 0.1) is 0 Å². The van der Waals surface area contributed by atoms with Crippen LogP contribution in [0.1, 0.15) is 31.2 Å². The summed E-state index contributed by atoms with van der Waals surface area (Å²) in [5.41, 5.74) is 2.30. The molecule has 1 heterocycles. The summed E-state index contributed by atoms with van der Waals surface area (Å²) >= 11 is 0. The van der Waals surface area contributed by atoms with Crippen molar-refractivity contribution in [3.63, 3.8) is 0 Å². The molecule has 1 aromatic heterocycles. The van der Waals surface area contributed by atoms with Crippen LogP contribution in [0.25, 0.3) is 0 Å². The second-order valence-electron chi connectivity index (χ2n) is 5.14. The summed E-state index contributed by atoms with van der Waals surface area (Å²) in [6.45, 7) is 5.77. The highest BCUT2D eigenvalue weighted by Gasteiger charge is 2.24. The van der Waals surface area contributed by atoms with Gasteiger partial charge in [-0.15, -0.1) is 0 Å². The van der Waals surface area contributed by atoms with Gasteiger partial charge in [0.05, 0.1) is 11.8 Å². The highest BCUT2D eigenvalue weighted by atomic mass is 16.5. The van der Waals surface area contributed by atoms with Gasteiger partial charge in [-0.3, -0.25) is 4.68 Å². The molecule has 0 saturated heterocycles. The second-order valence-corrected chi connectivity index (χ2v) is 5.14. The van der Waals surface area contributed by atoms with Crippen molar-refractivity contribution in [2.75, 3.05) is 13.2 Å². The molecule has 2 aromatic rings. The summed E-state index contributed by atoms with van der Waals surface area (Å²) in [5, 5.41) is 8.04. The number of nitrogens with zero attached hydrogens (tertiary/aromatic N) is 2. The summed E-state index contributed by atoms with van der Waals surface area (Å²) in [6, 6.07) is 12.7. The normalized spacial score (nSPS) is 14.0. The summed E-state index contributed by atoms with van der Waals surface area (Å²) in [7, 11) is 1.95. The minimum absolute atomic E-state index is 0.0400. The molecule has 4 heteroatoms. The molecule has 0 spiro atoms. The molecule has 0 radical (unpaired) electrons. The van der Waals surface area contributed by atoms with E-state index in [9.17, 15) is 0 Å². The number of aryl methyl sites for hydroxylation is 1. The minimum Gasteiger partial charge on any atom is -0.372 e. The Morgan fingerprint density at radius 2 is 1.95 bits per heavy atom. The van der Waals surface area contributed by atoms with Gasteiger partial charge in [0.25, 0.3) is 0 Å². The maximum absolute atomic E-state index is 6.02. The molecule has 0 fully saturated rings. The van der Waals surface area contributed by atoms with Crippen molar-refractivity contribution in [3.05, 3.63) is 53.9 Å². The fourth-order valence-electron chi connectivity index (χ4n) is 2.61. The van der Waals surface area contributed by atoms with Crippen molar-refractivity contribution in [3.8, 4) is 0 Å². The van der Waals surface area contributed by atoms with E-state index in [1.54, 1.807) is 0 Å². The molecule has 4 nitrogen and oxygen atoms in total. The molecule has 2 rings (SSSR count). The van der Waals surface area contributed by atoms with E-state index in [0.29, 0.717) is 6.61 Å². The first-order valence-electron chi connectivity index (χ1n) is 7.63. The van der Waals surface area contributed by atoms with Crippen LogP contribution in [0.2, 0.25) is 0 Å². The maximum atomic E-state index is 6.02. The second kappa shape index (κ2) is 7.96. The number of benzene rings is 1. The third kappa shape index (κ3) is 4.41. The van der Waals surface area contributed by atoms with Gasteiger partial charge in [0.15, 0.2) is 0 Å². The Morgan fingerprint density at radius 1 is 1.19 bits per heavy atom. The zero-order valence-corrected chi connectivity index (χ0v) is 13.1. The van der Waals surface area contributed by atoms with Gasteiger partial charge in [-0.1, -0.05) is 37.3 Å². The van der Waals surface area contributed by atoms with Crippen LogP contribution in [0.5, 0.6) is 0 Å². The number of aromatic nitrogens is 2. The fraction of sp³-hybridized carbons (Fsp3) is 0.471. The molecule has 0 aliphatic heterocycles. The van der Waals surface area contributed by atoms with E-state index in [2.05, 4.69) is 47.7 Å². The Morgan fingerprint density at radius 3 is 2.52 bits per heavy atom. The van der Waals surface area contributed by atoms with E-state index in [0.717, 1.165) is 18.7 Å². The van der Waals surface area contributed by atoms with Gasteiger partial charge in [-0.2, -0.15) is 5.10 Å². The average Bonchev–Trinajstić information content (AvgIpc) is 2.90. The molecule has 0 amide bonds. The SMILES string of the molecule is CCNC(Cc1ccn(C)n1)C(OCC)c1ccccc1. The Bertz CT molecular complexity index is 524. The number of hydrogen-bond acceptors (Lipinski definition) is 3. The molecule has 0 saturated carbocycles. The Kier molecular flexibility index (Phi) is 5.96. The lowest BCUT2D eigenvalue weighted by Gasteiger charge is -2.27. The van der Waals surface area contributed by atoms with E-state index in [4.69, 9.17) is 4.74 Å². The standard InChI is InChI=1S/C17H25N3O/c1-4-18-16(13-15-11-12-20(3)19-15)17(21-5-2)14-9-7-6-8-10-14/h6-12,16-18H,4-5,13H2,1-3H3. The summed E-state index contributed by atoms with van der Waals surface area (Å²) < 4.78 is 7.87. The first-order valence-corrected chi connectivity index (χ1v) is 7.63. The minimum atomic E-state index is 0.0400. The van der Waals surface area contributed by atoms with Gasteiger partial charge in [0.2, 0.25) is 0 Å². The highest BCUT2D eigenvalue weighted by Crippen LogP contribution is 2.23. The molecule has 2 atom stereocenters. The average molecular weight is 287 g/mol. The predicted octanol–water partition coefficient (Wildman–Crippen LogP) is 2.72. The Labute approximate surface area is 127 Å². The topological polar surface area (TPSA) is 39.1 Å². The molecular formula is C17H25N3O. The lowest BCUT2D eigenvalue weighted by Crippen LogP contribution is -2.38. The number of likely N-dealkylation sites (N-methyl/N-ethyl adjacent to an activating group) is 1. The van der Waals surface area contributed by atoms with Crippen LogP contribution in [-0.4, -0.2) is 29.0 Å². The van der Waals surface area contributed by atoms with Crippen molar-refractivity contribution >= 4 is 0 Å². The lowest BCUT2D eigenvalue weighted by atomic mass is 9.98. The van der Waals surface area contributed by atoms with Crippen LogP contribution in [-0.2, 0) is 18.2 Å². The summed E-state index contributed by atoms with van der Waals surface area (Å²) in [6.07, 6.45) is 2.88. The highest BCUT2D eigenvalue weighted by molar-refractivity contribution is 5.20. The smallest absolute Gasteiger partial charge is 0.0981 e. The molecule has 2 unspecified atom stereocenters. The third-order valence-electron chi connectivity index (χ3n) is 3.50. The first kappa shape index (κ1) is 15.7. The predicted molar refractivity (Wildman–Crippen MR) is 85.2 cm³/mol. The Balaban J connectivity index is 2.19. The zero-order chi connectivity index (χ0) is 15.1. The van der Waals surface area contributed by atoms with Gasteiger partial charge in [0, 0.05) is 32.3 Å². The van der Waals surface area contributed by atoms with Crippen molar-refractivity contribution in [2.45, 2.75) is 32.4 Å². The van der Waals surface area contributed by atoms with Crippen LogP contribution in [0.4, 0.5) is 0 Å². The van der Waals surface area contributed by atoms with Crippen LogP contribution < -0.4 is 5.32 Å². The van der Waals surface area contributed by atoms with Gasteiger partial charge in [-0.25, -0.2) is 0 Å². The van der Waals surface area contributed by atoms with Crippen LogP contribution in [0.15, 0.2) is 42.6 Å². The summed E-state index contributed by atoms with van der Waals surface area (Å²) in [5.74, 6) is 0. The maximum Gasteiger partial charge on any atom is 0.0981 e. The molecule has 1 aromatic carbocycles. The molecule has 21 heavy (non-hydrogen) atoms. The number of hydrogen-bond donors (Lipinski definition) is 1. The van der Waals surface area contributed by atoms with Crippen molar-refractivity contribution in [1.82, 2.24) is 15.1 Å². The van der Waals surface area contributed by atoms with E-state index in [1.165, 1.54) is 5.56 Å². The van der Waals surface area contributed by atoms with Gasteiger partial charge >= 0.3 is 0 Å². The fourth-order valence-corrected chi connectivity index (χ4v) is 2.61. The van der Waals surface area contributed by atoms with E-state index in [1.807, 2.05) is 30.9 Å². The van der Waals surface area contributed by atoms with Crippen molar-refractivity contribution in [2.24, 2.45) is 7.05 Å². The number of nitrogens with one attached hydrogen (secondary N) is 1. The summed E-state index contributed by atoms with van der Waals surface area (Å²) in [4.78, 5) is 0. The van der Waals surface area contributed by atoms with Gasteiger partial charge < -0.3 is 10.1 Å². The molecule has 1 N–H and O–H groups in total. The van der Waals surface area contributed by atoms with E-state index >= 15 is 0 Å². The van der Waals surface area contributed by atoms with Crippen LogP contribution in [0.3, 0.4) is 0 Å². The molecular weight excluding hydrogens is 262 g/mol. The van der Waals surface area contributed by atoms with Crippen LogP contribution >= 0.6 is 0 Å². The quantitative estimate of drug-likeness (QED) is 0.811. The number of rotatable bonds is 8. The molecule has 114 valence electrons. The number of ether oxygens (including phenoxy) is 1. The van der Waals surface area contributed by atoms with E-state index in [-0.39, 0.29) is 12.1 Å². The van der Waals surface area contributed by atoms with E-state index < -0.39 is 0 Å². The Hall–Kier alpha value is -1.65. The van der Waals surface area contributed by atoms with Gasteiger partial charge in [-0.05, 0) is 25.1 Å². The monoisotopic (exact) mass is 287 g/mol. The lowest BCUT2D eigenvalue weighted by molar-refractivity contribution is 0.0333. The third-order valence-corrected chi connectivity index (χ3v) is 3.50. The molecule has 0 bridgehead atoms. The molecule has 0 aliphatic carbocycles. The van der Waals surface area contributed by atoms with Crippen molar-refractivity contribution in [1.29, 1.82) is 0 Å². The largest absolute Gasteiger partial charge is 0.372 e. The molecule has 0 aliphatic rings. The van der Waals surface area contributed by atoms with Gasteiger partial charge in [0.1, 0.15) is 0 Å². The zero-order valence-electron chi connectivity index (χ0n) is 13.1. The first-order chi connectivity index (χ1) is 10.2. The van der Waals surface area contributed by atoms with Crippen molar-refractivity contribution < 1.29 is 4.74 Å².